The molecule has 1 fully saturated rings. The molecule has 2 N–H and O–H groups in total. The molecule has 20 heavy (non-hydrogen) atoms. The van der Waals surface area contributed by atoms with Crippen molar-refractivity contribution in [3.8, 4) is 0 Å². The van der Waals surface area contributed by atoms with E-state index >= 15 is 0 Å². The second-order valence-electron chi connectivity index (χ2n) is 5.25. The van der Waals surface area contributed by atoms with Gasteiger partial charge in [0.1, 0.15) is 5.82 Å². The van der Waals surface area contributed by atoms with Crippen LogP contribution in [0.3, 0.4) is 0 Å². The first-order chi connectivity index (χ1) is 9.15. The summed E-state index contributed by atoms with van der Waals surface area (Å²) in [5, 5.41) is 6.29. The molecule has 1 aliphatic rings. The Balaban J connectivity index is 0.00000200. The number of benzene rings is 1. The number of amides is 1. The zero-order chi connectivity index (χ0) is 13.7. The fourth-order valence-corrected chi connectivity index (χ4v) is 2.54. The van der Waals surface area contributed by atoms with Crippen LogP contribution in [0, 0.1) is 11.7 Å². The van der Waals surface area contributed by atoms with Gasteiger partial charge in [-0.05, 0) is 50.4 Å². The van der Waals surface area contributed by atoms with Crippen LogP contribution < -0.4 is 10.6 Å². The van der Waals surface area contributed by atoms with Gasteiger partial charge >= 0.3 is 0 Å². The Kier molecular flexibility index (Phi) is 6.96. The van der Waals surface area contributed by atoms with Gasteiger partial charge < -0.3 is 10.6 Å². The monoisotopic (exact) mass is 300 g/mol. The van der Waals surface area contributed by atoms with Gasteiger partial charge in [0.25, 0.3) is 0 Å². The lowest BCUT2D eigenvalue weighted by Crippen LogP contribution is -2.42. The molecule has 5 heteroatoms. The van der Waals surface area contributed by atoms with Crippen molar-refractivity contribution in [2.75, 3.05) is 13.1 Å². The van der Waals surface area contributed by atoms with Gasteiger partial charge in [-0.3, -0.25) is 4.79 Å². The molecule has 0 spiro atoms. The smallest absolute Gasteiger partial charge is 0.223 e. The highest BCUT2D eigenvalue weighted by Crippen LogP contribution is 2.15. The van der Waals surface area contributed by atoms with Gasteiger partial charge in [-0.15, -0.1) is 12.4 Å². The standard InChI is InChI=1S/C15H21FN2O.ClH/c1-11-9-13(6-8-17-11)15(19)18-7-5-12-3-2-4-14(16)10-12;/h2-4,10-11,13,17H,5-9H2,1H3,(H,18,19);1H/t11-,13-;/m0./s1. The molecule has 0 bridgehead atoms. The number of rotatable bonds is 4. The zero-order valence-corrected chi connectivity index (χ0v) is 12.5. The Hall–Kier alpha value is -1.13. The van der Waals surface area contributed by atoms with Crippen molar-refractivity contribution in [2.24, 2.45) is 5.92 Å². The quantitative estimate of drug-likeness (QED) is 0.896. The van der Waals surface area contributed by atoms with E-state index in [9.17, 15) is 9.18 Å². The second kappa shape index (κ2) is 8.22. The van der Waals surface area contributed by atoms with Gasteiger partial charge in [0, 0.05) is 18.5 Å². The maximum Gasteiger partial charge on any atom is 0.223 e. The van der Waals surface area contributed by atoms with Crippen LogP contribution >= 0.6 is 12.4 Å². The lowest BCUT2D eigenvalue weighted by Gasteiger charge is -2.27. The predicted octanol–water partition coefficient (Wildman–Crippen LogP) is 2.29. The van der Waals surface area contributed by atoms with E-state index in [0.717, 1.165) is 24.9 Å². The van der Waals surface area contributed by atoms with Gasteiger partial charge in [-0.25, -0.2) is 4.39 Å². The molecule has 1 heterocycles. The Morgan fingerprint density at radius 2 is 2.30 bits per heavy atom. The van der Waals surface area contributed by atoms with E-state index < -0.39 is 0 Å². The van der Waals surface area contributed by atoms with Crippen LogP contribution in [-0.4, -0.2) is 25.0 Å². The van der Waals surface area contributed by atoms with E-state index in [1.165, 1.54) is 12.1 Å². The third kappa shape index (κ3) is 5.10. The fraction of sp³-hybridized carbons (Fsp3) is 0.533. The van der Waals surface area contributed by atoms with Gasteiger partial charge in [0.05, 0.1) is 0 Å². The summed E-state index contributed by atoms with van der Waals surface area (Å²) in [5.74, 6) is 0.0181. The van der Waals surface area contributed by atoms with E-state index in [4.69, 9.17) is 0 Å². The van der Waals surface area contributed by atoms with E-state index in [-0.39, 0.29) is 30.0 Å². The molecule has 1 amide bonds. The van der Waals surface area contributed by atoms with Gasteiger partial charge in [0.2, 0.25) is 5.91 Å². The number of carbonyl (C=O) groups is 1. The van der Waals surface area contributed by atoms with E-state index in [1.807, 2.05) is 6.07 Å². The van der Waals surface area contributed by atoms with Crippen molar-refractivity contribution >= 4 is 18.3 Å². The molecule has 1 aliphatic heterocycles. The first-order valence-corrected chi connectivity index (χ1v) is 6.90. The molecule has 2 rings (SSSR count). The van der Waals surface area contributed by atoms with Gasteiger partial charge in [-0.1, -0.05) is 12.1 Å². The van der Waals surface area contributed by atoms with Crippen molar-refractivity contribution in [1.82, 2.24) is 10.6 Å². The normalized spacial score (nSPS) is 21.9. The molecule has 1 aromatic carbocycles. The van der Waals surface area contributed by atoms with Crippen molar-refractivity contribution in [2.45, 2.75) is 32.2 Å². The van der Waals surface area contributed by atoms with Crippen LogP contribution in [0.25, 0.3) is 0 Å². The summed E-state index contributed by atoms with van der Waals surface area (Å²) in [4.78, 5) is 12.0. The number of piperidine rings is 1. The van der Waals surface area contributed by atoms with Crippen LogP contribution in [0.1, 0.15) is 25.3 Å². The highest BCUT2D eigenvalue weighted by molar-refractivity contribution is 5.85. The summed E-state index contributed by atoms with van der Waals surface area (Å²) < 4.78 is 13.0. The topological polar surface area (TPSA) is 41.1 Å². The first-order valence-electron chi connectivity index (χ1n) is 6.90. The summed E-state index contributed by atoms with van der Waals surface area (Å²) in [6.07, 6.45) is 2.46. The second-order valence-corrected chi connectivity index (χ2v) is 5.25. The first kappa shape index (κ1) is 16.9. The number of nitrogens with one attached hydrogen (secondary N) is 2. The summed E-state index contributed by atoms with van der Waals surface area (Å²) in [5.41, 5.74) is 0.916. The number of carbonyl (C=O) groups excluding carboxylic acids is 1. The number of hydrogen-bond acceptors (Lipinski definition) is 2. The van der Waals surface area contributed by atoms with Gasteiger partial charge in [0.15, 0.2) is 0 Å². The molecule has 2 atom stereocenters. The molecule has 0 unspecified atom stereocenters. The Morgan fingerprint density at radius 1 is 1.50 bits per heavy atom. The fourth-order valence-electron chi connectivity index (χ4n) is 2.54. The highest BCUT2D eigenvalue weighted by Gasteiger charge is 2.24. The van der Waals surface area contributed by atoms with Gasteiger partial charge in [-0.2, -0.15) is 0 Å². The van der Waals surface area contributed by atoms with Crippen LogP contribution in [0.4, 0.5) is 4.39 Å². The Bertz CT molecular complexity index is 442. The number of halogens is 2. The minimum Gasteiger partial charge on any atom is -0.356 e. The third-order valence-electron chi connectivity index (χ3n) is 3.60. The maximum absolute atomic E-state index is 13.0. The Labute approximate surface area is 125 Å². The van der Waals surface area contributed by atoms with Crippen LogP contribution in [-0.2, 0) is 11.2 Å². The molecular weight excluding hydrogens is 279 g/mol. The average Bonchev–Trinajstić information content (AvgIpc) is 2.38. The van der Waals surface area contributed by atoms with E-state index in [1.54, 1.807) is 6.07 Å². The average molecular weight is 301 g/mol. The van der Waals surface area contributed by atoms with Crippen LogP contribution in [0.2, 0.25) is 0 Å². The lowest BCUT2D eigenvalue weighted by molar-refractivity contribution is -0.126. The van der Waals surface area contributed by atoms with Crippen molar-refractivity contribution in [3.63, 3.8) is 0 Å². The highest BCUT2D eigenvalue weighted by atomic mass is 35.5. The Morgan fingerprint density at radius 3 is 3.00 bits per heavy atom. The molecule has 0 saturated carbocycles. The van der Waals surface area contributed by atoms with E-state index in [0.29, 0.717) is 19.0 Å². The molecule has 112 valence electrons. The largest absolute Gasteiger partial charge is 0.356 e. The minimum atomic E-state index is -0.226. The SMILES string of the molecule is C[C@H]1C[C@@H](C(=O)NCCc2cccc(F)c2)CCN1.Cl. The minimum absolute atomic E-state index is 0. The third-order valence-corrected chi connectivity index (χ3v) is 3.60. The number of hydrogen-bond donors (Lipinski definition) is 2. The van der Waals surface area contributed by atoms with Crippen molar-refractivity contribution in [1.29, 1.82) is 0 Å². The maximum atomic E-state index is 13.0. The molecule has 3 nitrogen and oxygen atoms in total. The molecule has 1 aromatic rings. The summed E-state index contributed by atoms with van der Waals surface area (Å²) in [6, 6.07) is 6.92. The summed E-state index contributed by atoms with van der Waals surface area (Å²) >= 11 is 0. The molecule has 1 saturated heterocycles. The summed E-state index contributed by atoms with van der Waals surface area (Å²) in [6.45, 7) is 3.58. The van der Waals surface area contributed by atoms with Crippen molar-refractivity contribution in [3.05, 3.63) is 35.6 Å². The van der Waals surface area contributed by atoms with Crippen LogP contribution in [0.5, 0.6) is 0 Å². The van der Waals surface area contributed by atoms with Crippen molar-refractivity contribution < 1.29 is 9.18 Å². The predicted molar refractivity (Wildman–Crippen MR) is 80.6 cm³/mol. The lowest BCUT2D eigenvalue weighted by atomic mass is 9.92. The molecule has 0 aliphatic carbocycles. The molecule has 0 aromatic heterocycles. The van der Waals surface area contributed by atoms with E-state index in [2.05, 4.69) is 17.6 Å². The zero-order valence-electron chi connectivity index (χ0n) is 11.7. The molecular formula is C15H22ClFN2O. The summed E-state index contributed by atoms with van der Waals surface area (Å²) in [7, 11) is 0. The van der Waals surface area contributed by atoms with Crippen LogP contribution in [0.15, 0.2) is 24.3 Å². The molecule has 0 radical (unpaired) electrons.